The van der Waals surface area contributed by atoms with Gasteiger partial charge in [0.05, 0.1) is 6.61 Å². The van der Waals surface area contributed by atoms with Gasteiger partial charge in [-0.2, -0.15) is 0 Å². The van der Waals surface area contributed by atoms with E-state index in [9.17, 15) is 4.79 Å². The van der Waals surface area contributed by atoms with Crippen LogP contribution in [0.1, 0.15) is 149 Å². The Morgan fingerprint density at radius 1 is 0.607 bits per heavy atom. The van der Waals surface area contributed by atoms with E-state index in [0.29, 0.717) is 13.0 Å². The summed E-state index contributed by atoms with van der Waals surface area (Å²) in [6.07, 6.45) is 25.6. The summed E-state index contributed by atoms with van der Waals surface area (Å²) < 4.78 is 5.33. The first-order valence-corrected chi connectivity index (χ1v) is 12.8. The molecule has 0 bridgehead atoms. The summed E-state index contributed by atoms with van der Waals surface area (Å²) in [5.74, 6) is 0.887. The van der Waals surface area contributed by atoms with E-state index in [1.54, 1.807) is 0 Å². The van der Waals surface area contributed by atoms with Gasteiger partial charge in [-0.15, -0.1) is 0 Å². The third-order valence-electron chi connectivity index (χ3n) is 5.67. The molecule has 0 unspecified atom stereocenters. The minimum absolute atomic E-state index is 0.0157. The summed E-state index contributed by atoms with van der Waals surface area (Å²) in [6, 6.07) is 0. The normalized spacial score (nSPS) is 11.3. The first-order chi connectivity index (χ1) is 13.7. The van der Waals surface area contributed by atoms with E-state index in [-0.39, 0.29) is 5.97 Å². The van der Waals surface area contributed by atoms with Crippen molar-refractivity contribution in [2.45, 2.75) is 149 Å². The van der Waals surface area contributed by atoms with E-state index in [1.165, 1.54) is 109 Å². The summed E-state index contributed by atoms with van der Waals surface area (Å²) in [6.45, 7) is 7.51. The fourth-order valence-corrected chi connectivity index (χ4v) is 3.73. The van der Waals surface area contributed by atoms with Gasteiger partial charge in [0, 0.05) is 6.42 Å². The Hall–Kier alpha value is -0.530. The predicted molar refractivity (Wildman–Crippen MR) is 124 cm³/mol. The maximum absolute atomic E-state index is 11.7. The largest absolute Gasteiger partial charge is 0.466 e. The van der Waals surface area contributed by atoms with Crippen LogP contribution < -0.4 is 0 Å². The van der Waals surface area contributed by atoms with Crippen molar-refractivity contribution in [2.75, 3.05) is 6.61 Å². The number of ether oxygens (including phenoxy) is 1. The topological polar surface area (TPSA) is 26.3 Å². The van der Waals surface area contributed by atoms with Gasteiger partial charge in [0.25, 0.3) is 0 Å². The van der Waals surface area contributed by atoms with Crippen molar-refractivity contribution < 1.29 is 9.53 Å². The maximum Gasteiger partial charge on any atom is 0.305 e. The van der Waals surface area contributed by atoms with E-state index < -0.39 is 0 Å². The molecule has 2 nitrogen and oxygen atoms in total. The van der Waals surface area contributed by atoms with Crippen molar-refractivity contribution in [1.82, 2.24) is 0 Å². The van der Waals surface area contributed by atoms with Crippen LogP contribution in [0, 0.1) is 5.92 Å². The predicted octanol–water partition coefficient (Wildman–Crippen LogP) is 9.01. The van der Waals surface area contributed by atoms with Crippen LogP contribution in [0.15, 0.2) is 0 Å². The molecule has 0 saturated heterocycles. The van der Waals surface area contributed by atoms with Gasteiger partial charge in [-0.25, -0.2) is 0 Å². The summed E-state index contributed by atoms with van der Waals surface area (Å²) in [4.78, 5) is 11.7. The molecule has 0 aliphatic heterocycles. The number of carbonyl (C=O) groups is 1. The van der Waals surface area contributed by atoms with E-state index >= 15 is 0 Å². The van der Waals surface area contributed by atoms with E-state index in [0.717, 1.165) is 18.8 Å². The van der Waals surface area contributed by atoms with Gasteiger partial charge >= 0.3 is 5.97 Å². The Bertz CT molecular complexity index is 312. The summed E-state index contributed by atoms with van der Waals surface area (Å²) in [5, 5.41) is 0. The van der Waals surface area contributed by atoms with Crippen LogP contribution in [0.25, 0.3) is 0 Å². The third-order valence-corrected chi connectivity index (χ3v) is 5.67. The molecule has 168 valence electrons. The lowest BCUT2D eigenvalue weighted by molar-refractivity contribution is -0.143. The molecule has 0 aromatic carbocycles. The third kappa shape index (κ3) is 23.5. The maximum atomic E-state index is 11.7. The van der Waals surface area contributed by atoms with Gasteiger partial charge in [0.1, 0.15) is 0 Å². The Balaban J connectivity index is 3.13. The van der Waals surface area contributed by atoms with Gasteiger partial charge in [-0.05, 0) is 18.8 Å². The van der Waals surface area contributed by atoms with Gasteiger partial charge in [0.15, 0.2) is 0 Å². The molecule has 0 radical (unpaired) electrons. The Kier molecular flexibility index (Phi) is 22.3. The fourth-order valence-electron chi connectivity index (χ4n) is 3.73. The molecule has 0 fully saturated rings. The van der Waals surface area contributed by atoms with Crippen LogP contribution in [0.3, 0.4) is 0 Å². The van der Waals surface area contributed by atoms with Gasteiger partial charge in [-0.3, -0.25) is 4.79 Å². The Labute approximate surface area is 177 Å². The molecular formula is C26H52O2. The quantitative estimate of drug-likeness (QED) is 0.135. The second-order valence-corrected chi connectivity index (χ2v) is 9.16. The average Bonchev–Trinajstić information content (AvgIpc) is 2.67. The highest BCUT2D eigenvalue weighted by Gasteiger charge is 2.02. The Morgan fingerprint density at radius 3 is 1.54 bits per heavy atom. The van der Waals surface area contributed by atoms with Crippen molar-refractivity contribution in [3.8, 4) is 0 Å². The summed E-state index contributed by atoms with van der Waals surface area (Å²) in [7, 11) is 0. The van der Waals surface area contributed by atoms with E-state index in [4.69, 9.17) is 4.74 Å². The zero-order valence-corrected chi connectivity index (χ0v) is 19.7. The van der Waals surface area contributed by atoms with Crippen molar-refractivity contribution in [2.24, 2.45) is 5.92 Å². The van der Waals surface area contributed by atoms with Crippen LogP contribution in [0.5, 0.6) is 0 Å². The lowest BCUT2D eigenvalue weighted by atomic mass is 10.0. The molecule has 0 aliphatic rings. The standard InChI is InChI=1S/C26H52O2/c1-4-5-6-7-18-21-24-28-26(27)23-20-17-15-13-11-9-8-10-12-14-16-19-22-25(2)3/h25H,4-24H2,1-3H3. The molecule has 0 aliphatic carbocycles. The Morgan fingerprint density at radius 2 is 1.04 bits per heavy atom. The second-order valence-electron chi connectivity index (χ2n) is 9.16. The lowest BCUT2D eigenvalue weighted by Gasteiger charge is -2.06. The molecule has 0 spiro atoms. The van der Waals surface area contributed by atoms with E-state index in [2.05, 4.69) is 20.8 Å². The summed E-state index contributed by atoms with van der Waals surface area (Å²) in [5.41, 5.74) is 0. The van der Waals surface area contributed by atoms with Crippen molar-refractivity contribution in [3.05, 3.63) is 0 Å². The first-order valence-electron chi connectivity index (χ1n) is 12.8. The minimum atomic E-state index is 0.0157. The molecule has 0 amide bonds. The number of hydrogen-bond acceptors (Lipinski definition) is 2. The molecule has 2 heteroatoms. The van der Waals surface area contributed by atoms with Gasteiger partial charge in [-0.1, -0.05) is 130 Å². The highest BCUT2D eigenvalue weighted by molar-refractivity contribution is 5.69. The summed E-state index contributed by atoms with van der Waals surface area (Å²) >= 11 is 0. The SMILES string of the molecule is CCCCCCCCOC(=O)CCCCCCCCCCCCCCC(C)C. The average molecular weight is 397 g/mol. The van der Waals surface area contributed by atoms with Gasteiger partial charge < -0.3 is 4.74 Å². The number of unbranched alkanes of at least 4 members (excludes halogenated alkanes) is 16. The van der Waals surface area contributed by atoms with Crippen LogP contribution in [0.2, 0.25) is 0 Å². The van der Waals surface area contributed by atoms with Crippen LogP contribution in [-0.2, 0) is 9.53 Å². The zero-order chi connectivity index (χ0) is 20.7. The number of carbonyl (C=O) groups excluding carboxylic acids is 1. The number of hydrogen-bond donors (Lipinski definition) is 0. The molecule has 0 aromatic heterocycles. The van der Waals surface area contributed by atoms with E-state index in [1.807, 2.05) is 0 Å². The molecule has 0 aromatic rings. The minimum Gasteiger partial charge on any atom is -0.466 e. The number of rotatable bonds is 22. The molecule has 0 saturated carbocycles. The molecule has 28 heavy (non-hydrogen) atoms. The molecule has 0 atom stereocenters. The fraction of sp³-hybridized carbons (Fsp3) is 0.962. The second kappa shape index (κ2) is 22.8. The highest BCUT2D eigenvalue weighted by atomic mass is 16.5. The zero-order valence-electron chi connectivity index (χ0n) is 19.7. The van der Waals surface area contributed by atoms with Crippen LogP contribution in [-0.4, -0.2) is 12.6 Å². The lowest BCUT2D eigenvalue weighted by Crippen LogP contribution is -2.05. The molecule has 0 rings (SSSR count). The number of esters is 1. The molecule has 0 heterocycles. The molecular weight excluding hydrogens is 344 g/mol. The van der Waals surface area contributed by atoms with Crippen molar-refractivity contribution >= 4 is 5.97 Å². The monoisotopic (exact) mass is 396 g/mol. The van der Waals surface area contributed by atoms with Crippen molar-refractivity contribution in [3.63, 3.8) is 0 Å². The van der Waals surface area contributed by atoms with Crippen molar-refractivity contribution in [1.29, 1.82) is 0 Å². The smallest absolute Gasteiger partial charge is 0.305 e. The van der Waals surface area contributed by atoms with Crippen LogP contribution >= 0.6 is 0 Å². The van der Waals surface area contributed by atoms with Gasteiger partial charge in [0.2, 0.25) is 0 Å². The molecule has 0 N–H and O–H groups in total. The first kappa shape index (κ1) is 27.5. The highest BCUT2D eigenvalue weighted by Crippen LogP contribution is 2.14. The van der Waals surface area contributed by atoms with Crippen LogP contribution in [0.4, 0.5) is 0 Å².